The fourth-order valence-corrected chi connectivity index (χ4v) is 4.81. The van der Waals surface area contributed by atoms with Crippen LogP contribution >= 0.6 is 0 Å². The van der Waals surface area contributed by atoms with Gasteiger partial charge in [0.25, 0.3) is 0 Å². The van der Waals surface area contributed by atoms with Crippen LogP contribution in [0.4, 0.5) is 0 Å². The summed E-state index contributed by atoms with van der Waals surface area (Å²) in [5.74, 6) is -1.84. The molecule has 2 aromatic rings. The van der Waals surface area contributed by atoms with Crippen LogP contribution in [-0.2, 0) is 19.9 Å². The Hall–Kier alpha value is -3.67. The van der Waals surface area contributed by atoms with Gasteiger partial charge in [0.1, 0.15) is 5.54 Å². The first-order valence-corrected chi connectivity index (χ1v) is 10.1. The lowest BCUT2D eigenvalue weighted by molar-refractivity contribution is -0.145. The number of hydrogen-bond donors (Lipinski definition) is 1. The Bertz CT molecular complexity index is 1160. The highest BCUT2D eigenvalue weighted by Gasteiger charge is 2.56. The number of carboxylic acids is 1. The van der Waals surface area contributed by atoms with Gasteiger partial charge in [-0.1, -0.05) is 54.6 Å². The van der Waals surface area contributed by atoms with Crippen LogP contribution in [0.1, 0.15) is 41.8 Å². The molecule has 1 aliphatic carbocycles. The van der Waals surface area contributed by atoms with Crippen LogP contribution < -0.4 is 0 Å². The normalized spacial score (nSPS) is 20.0. The van der Waals surface area contributed by atoms with Crippen LogP contribution in [0.25, 0.3) is 5.57 Å². The van der Waals surface area contributed by atoms with Crippen molar-refractivity contribution in [1.29, 1.82) is 0 Å². The number of fused-ring (bicyclic) bond motifs is 3. The molecular weight excluding hydrogens is 394 g/mol. The first-order chi connectivity index (χ1) is 14.8. The molecule has 0 bridgehead atoms. The number of esters is 1. The molecule has 1 unspecified atom stereocenters. The fraction of sp³-hybridized carbons (Fsp3) is 0.240. The Balaban J connectivity index is 2.13. The van der Waals surface area contributed by atoms with Crippen molar-refractivity contribution in [3.63, 3.8) is 0 Å². The van der Waals surface area contributed by atoms with Gasteiger partial charge in [0.2, 0.25) is 0 Å². The van der Waals surface area contributed by atoms with Gasteiger partial charge in [0, 0.05) is 29.5 Å². The SMILES string of the molecule is CCOC(=O)CC12C(=C(c3ccccc3)C(C(=O)O)=C(C)N1C)C(=O)c1ccccc12. The van der Waals surface area contributed by atoms with E-state index in [0.717, 1.165) is 0 Å². The maximum atomic E-state index is 13.7. The van der Waals surface area contributed by atoms with Crippen molar-refractivity contribution >= 4 is 23.3 Å². The van der Waals surface area contributed by atoms with Gasteiger partial charge in [0.05, 0.1) is 18.6 Å². The first kappa shape index (κ1) is 20.6. The van der Waals surface area contributed by atoms with Crippen molar-refractivity contribution < 1.29 is 24.2 Å². The van der Waals surface area contributed by atoms with Gasteiger partial charge >= 0.3 is 11.9 Å². The molecule has 2 aromatic carbocycles. The zero-order valence-electron chi connectivity index (χ0n) is 17.6. The number of aliphatic carboxylic acids is 1. The van der Waals surface area contributed by atoms with Crippen molar-refractivity contribution in [2.75, 3.05) is 13.7 Å². The van der Waals surface area contributed by atoms with Crippen molar-refractivity contribution in [3.8, 4) is 0 Å². The van der Waals surface area contributed by atoms with E-state index in [4.69, 9.17) is 4.74 Å². The number of hydrogen-bond acceptors (Lipinski definition) is 5. The lowest BCUT2D eigenvalue weighted by Gasteiger charge is -2.46. The molecule has 4 rings (SSSR count). The number of ketones is 1. The van der Waals surface area contributed by atoms with E-state index in [1.165, 1.54) is 0 Å². The molecule has 0 radical (unpaired) electrons. The molecule has 6 nitrogen and oxygen atoms in total. The average Bonchev–Trinajstić information content (AvgIpc) is 3.00. The second-order valence-electron chi connectivity index (χ2n) is 7.66. The van der Waals surface area contributed by atoms with Gasteiger partial charge < -0.3 is 14.7 Å². The maximum absolute atomic E-state index is 13.7. The second-order valence-corrected chi connectivity index (χ2v) is 7.66. The molecule has 0 fully saturated rings. The quantitative estimate of drug-likeness (QED) is 0.746. The number of Topliss-reactive ketones (excluding diaryl/α,β-unsaturated/α-hetero) is 1. The van der Waals surface area contributed by atoms with Crippen molar-refractivity contribution in [2.24, 2.45) is 0 Å². The summed E-state index contributed by atoms with van der Waals surface area (Å²) in [5, 5.41) is 10.1. The molecule has 1 aliphatic heterocycles. The van der Waals surface area contributed by atoms with Crippen LogP contribution in [0.2, 0.25) is 0 Å². The Morgan fingerprint density at radius 3 is 2.35 bits per heavy atom. The van der Waals surface area contributed by atoms with Gasteiger partial charge in [0.15, 0.2) is 5.78 Å². The predicted molar refractivity (Wildman–Crippen MR) is 115 cm³/mol. The number of carboxylic acid groups (broad SMARTS) is 1. The maximum Gasteiger partial charge on any atom is 0.338 e. The van der Waals surface area contributed by atoms with Crippen LogP contribution in [0.3, 0.4) is 0 Å². The number of nitrogens with zero attached hydrogens (tertiary/aromatic N) is 1. The molecule has 0 spiro atoms. The summed E-state index contributed by atoms with van der Waals surface area (Å²) in [5.41, 5.74) is 1.83. The molecule has 0 amide bonds. The standard InChI is InChI=1S/C25H23NO5/c1-4-31-19(27)14-25-18-13-9-8-12-17(18)23(28)22(25)21(16-10-6-5-7-11-16)20(24(29)30)15(2)26(25)3/h5-13H,4,14H2,1-3H3,(H,29,30). The largest absolute Gasteiger partial charge is 0.478 e. The third kappa shape index (κ3) is 2.90. The fourth-order valence-electron chi connectivity index (χ4n) is 4.81. The predicted octanol–water partition coefficient (Wildman–Crippen LogP) is 3.79. The van der Waals surface area contributed by atoms with Gasteiger partial charge in [-0.05, 0) is 25.0 Å². The number of benzene rings is 2. The van der Waals surface area contributed by atoms with Gasteiger partial charge in [-0.2, -0.15) is 0 Å². The van der Waals surface area contributed by atoms with Crippen LogP contribution in [-0.4, -0.2) is 41.4 Å². The molecular formula is C25H23NO5. The minimum absolute atomic E-state index is 0.0596. The monoisotopic (exact) mass is 417 g/mol. The van der Waals surface area contributed by atoms with Crippen molar-refractivity contribution in [2.45, 2.75) is 25.8 Å². The molecule has 6 heteroatoms. The second kappa shape index (κ2) is 7.54. The Labute approximate surface area is 180 Å². The highest BCUT2D eigenvalue weighted by Crippen LogP contribution is 2.55. The van der Waals surface area contributed by atoms with E-state index in [1.807, 2.05) is 18.2 Å². The summed E-state index contributed by atoms with van der Waals surface area (Å²) in [6, 6.07) is 16.2. The highest BCUT2D eigenvalue weighted by molar-refractivity contribution is 6.24. The summed E-state index contributed by atoms with van der Waals surface area (Å²) < 4.78 is 5.26. The Morgan fingerprint density at radius 1 is 1.06 bits per heavy atom. The number of carbonyl (C=O) groups is 3. The molecule has 0 saturated carbocycles. The smallest absolute Gasteiger partial charge is 0.338 e. The van der Waals surface area contributed by atoms with E-state index < -0.39 is 17.5 Å². The Kier molecular flexibility index (Phi) is 5.01. The summed E-state index contributed by atoms with van der Waals surface area (Å²) in [6.45, 7) is 3.66. The highest BCUT2D eigenvalue weighted by atomic mass is 16.5. The number of rotatable bonds is 5. The molecule has 31 heavy (non-hydrogen) atoms. The lowest BCUT2D eigenvalue weighted by atomic mass is 9.74. The van der Waals surface area contributed by atoms with E-state index in [9.17, 15) is 19.5 Å². The Morgan fingerprint density at radius 2 is 1.71 bits per heavy atom. The zero-order chi connectivity index (χ0) is 22.3. The summed E-state index contributed by atoms with van der Waals surface area (Å²) in [4.78, 5) is 40.6. The van der Waals surface area contributed by atoms with E-state index in [1.54, 1.807) is 62.2 Å². The summed E-state index contributed by atoms with van der Waals surface area (Å²) >= 11 is 0. The number of allylic oxidation sites excluding steroid dienone is 1. The lowest BCUT2D eigenvalue weighted by Crippen LogP contribution is -2.48. The van der Waals surface area contributed by atoms with E-state index >= 15 is 0 Å². The molecule has 0 saturated heterocycles. The van der Waals surface area contributed by atoms with E-state index in [2.05, 4.69) is 0 Å². The molecule has 1 N–H and O–H groups in total. The first-order valence-electron chi connectivity index (χ1n) is 10.1. The molecule has 1 heterocycles. The van der Waals surface area contributed by atoms with Gasteiger partial charge in [-0.15, -0.1) is 0 Å². The van der Waals surface area contributed by atoms with Gasteiger partial charge in [-0.25, -0.2) is 4.79 Å². The molecule has 2 aliphatic rings. The molecule has 1 atom stereocenters. The van der Waals surface area contributed by atoms with Crippen molar-refractivity contribution in [3.05, 3.63) is 88.1 Å². The minimum atomic E-state index is -1.14. The number of likely N-dealkylation sites (N-methyl/N-ethyl adjacent to an activating group) is 1. The van der Waals surface area contributed by atoms with Crippen molar-refractivity contribution in [1.82, 2.24) is 4.90 Å². The van der Waals surface area contributed by atoms with Crippen LogP contribution in [0.15, 0.2) is 71.4 Å². The van der Waals surface area contributed by atoms with E-state index in [0.29, 0.717) is 33.5 Å². The van der Waals surface area contributed by atoms with Crippen LogP contribution in [0.5, 0.6) is 0 Å². The minimum Gasteiger partial charge on any atom is -0.478 e. The molecule has 0 aromatic heterocycles. The topological polar surface area (TPSA) is 83.9 Å². The molecule has 158 valence electrons. The average molecular weight is 417 g/mol. The summed E-state index contributed by atoms with van der Waals surface area (Å²) in [7, 11) is 1.73. The van der Waals surface area contributed by atoms with Gasteiger partial charge in [-0.3, -0.25) is 9.59 Å². The van der Waals surface area contributed by atoms with E-state index in [-0.39, 0.29) is 24.4 Å². The number of carbonyl (C=O) groups excluding carboxylic acids is 2. The third-order valence-electron chi connectivity index (χ3n) is 6.18. The third-order valence-corrected chi connectivity index (χ3v) is 6.18. The zero-order valence-corrected chi connectivity index (χ0v) is 17.6. The summed E-state index contributed by atoms with van der Waals surface area (Å²) in [6.07, 6.45) is -0.101. The number of ether oxygens (including phenoxy) is 1. The van der Waals surface area contributed by atoms with Crippen LogP contribution in [0, 0.1) is 0 Å².